The summed E-state index contributed by atoms with van der Waals surface area (Å²) in [6.07, 6.45) is 3.82. The van der Waals surface area contributed by atoms with Gasteiger partial charge in [0.2, 0.25) is 0 Å². The van der Waals surface area contributed by atoms with Crippen molar-refractivity contribution >= 4 is 21.7 Å². The Morgan fingerprint density at radius 1 is 1.57 bits per heavy atom. The fraction of sp³-hybridized carbons (Fsp3) is 0.545. The van der Waals surface area contributed by atoms with Gasteiger partial charge in [0, 0.05) is 12.6 Å². The molecule has 2 rings (SSSR count). The summed E-state index contributed by atoms with van der Waals surface area (Å²) in [5.41, 5.74) is 0. The van der Waals surface area contributed by atoms with E-state index in [9.17, 15) is 0 Å². The molecule has 0 spiro atoms. The molecule has 76 valence electrons. The molecule has 0 saturated carbocycles. The number of rotatable bonds is 2. The Morgan fingerprint density at radius 3 is 3.14 bits per heavy atom. The van der Waals surface area contributed by atoms with Crippen LogP contribution in [0.25, 0.3) is 0 Å². The van der Waals surface area contributed by atoms with Gasteiger partial charge in [0.05, 0.1) is 0 Å². The van der Waals surface area contributed by atoms with Gasteiger partial charge in [-0.25, -0.2) is 4.98 Å². The van der Waals surface area contributed by atoms with Crippen LogP contribution in [-0.2, 0) is 0 Å². The molecule has 0 amide bonds. The van der Waals surface area contributed by atoms with Crippen LogP contribution < -0.4 is 4.90 Å². The molecule has 0 radical (unpaired) electrons. The van der Waals surface area contributed by atoms with E-state index in [1.165, 1.54) is 19.3 Å². The molecule has 1 aliphatic rings. The minimum absolute atomic E-state index is 0.691. The summed E-state index contributed by atoms with van der Waals surface area (Å²) < 4.78 is 0.928. The summed E-state index contributed by atoms with van der Waals surface area (Å²) in [5.74, 6) is 1.11. The number of anilines is 1. The molecule has 2 nitrogen and oxygen atoms in total. The second kappa shape index (κ2) is 4.30. The monoisotopic (exact) mass is 254 g/mol. The molecule has 1 saturated heterocycles. The lowest BCUT2D eigenvalue weighted by molar-refractivity contribution is 0.640. The van der Waals surface area contributed by atoms with Crippen molar-refractivity contribution in [1.29, 1.82) is 0 Å². The van der Waals surface area contributed by atoms with Gasteiger partial charge >= 0.3 is 0 Å². The highest BCUT2D eigenvalue weighted by Gasteiger charge is 2.23. The molecule has 1 aliphatic heterocycles. The van der Waals surface area contributed by atoms with Crippen LogP contribution in [0, 0.1) is 0 Å². The minimum Gasteiger partial charge on any atom is -0.354 e. The molecule has 1 atom stereocenters. The average Bonchev–Trinajstić information content (AvgIpc) is 2.65. The highest BCUT2D eigenvalue weighted by atomic mass is 79.9. The topological polar surface area (TPSA) is 16.1 Å². The predicted octanol–water partition coefficient (Wildman–Crippen LogP) is 3.22. The van der Waals surface area contributed by atoms with Crippen LogP contribution in [0.5, 0.6) is 0 Å². The molecule has 2 heterocycles. The largest absolute Gasteiger partial charge is 0.354 e. The standard InChI is InChI=1S/C11H15BrN2/c1-2-9-5-4-8-14(9)11-7-3-6-10(12)13-11/h3,6-7,9H,2,4-5,8H2,1H3. The van der Waals surface area contributed by atoms with Gasteiger partial charge in [-0.2, -0.15) is 0 Å². The first kappa shape index (κ1) is 9.97. The average molecular weight is 255 g/mol. The third-order valence-corrected chi connectivity index (χ3v) is 3.28. The fourth-order valence-electron chi connectivity index (χ4n) is 2.12. The van der Waals surface area contributed by atoms with Gasteiger partial charge in [0.1, 0.15) is 10.4 Å². The second-order valence-electron chi connectivity index (χ2n) is 3.72. The molecule has 3 heteroatoms. The van der Waals surface area contributed by atoms with Crippen LogP contribution in [0.3, 0.4) is 0 Å². The van der Waals surface area contributed by atoms with Crippen LogP contribution in [0.1, 0.15) is 26.2 Å². The van der Waals surface area contributed by atoms with E-state index in [0.29, 0.717) is 6.04 Å². The summed E-state index contributed by atoms with van der Waals surface area (Å²) in [4.78, 5) is 6.92. The lowest BCUT2D eigenvalue weighted by atomic mass is 10.2. The summed E-state index contributed by atoms with van der Waals surface area (Å²) >= 11 is 3.41. The van der Waals surface area contributed by atoms with E-state index in [1.807, 2.05) is 6.07 Å². The van der Waals surface area contributed by atoms with Crippen molar-refractivity contribution in [2.24, 2.45) is 0 Å². The van der Waals surface area contributed by atoms with E-state index in [-0.39, 0.29) is 0 Å². The smallest absolute Gasteiger partial charge is 0.130 e. The maximum atomic E-state index is 4.50. The quantitative estimate of drug-likeness (QED) is 0.754. The Balaban J connectivity index is 2.21. The molecule has 1 unspecified atom stereocenters. The summed E-state index contributed by atoms with van der Waals surface area (Å²) in [6, 6.07) is 6.81. The van der Waals surface area contributed by atoms with Crippen LogP contribution in [0.15, 0.2) is 22.8 Å². The SMILES string of the molecule is CCC1CCCN1c1cccc(Br)n1. The van der Waals surface area contributed by atoms with Crippen molar-refractivity contribution in [2.75, 3.05) is 11.4 Å². The molecular formula is C11H15BrN2. The first-order valence-corrected chi connectivity index (χ1v) is 5.99. The number of halogens is 1. The molecule has 1 aromatic rings. The van der Waals surface area contributed by atoms with Gasteiger partial charge in [-0.3, -0.25) is 0 Å². The summed E-state index contributed by atoms with van der Waals surface area (Å²) in [6.45, 7) is 3.41. The van der Waals surface area contributed by atoms with Gasteiger partial charge in [0.25, 0.3) is 0 Å². The predicted molar refractivity (Wildman–Crippen MR) is 62.6 cm³/mol. The third kappa shape index (κ3) is 1.92. The molecule has 1 fully saturated rings. The van der Waals surface area contributed by atoms with Crippen LogP contribution in [0.4, 0.5) is 5.82 Å². The Kier molecular flexibility index (Phi) is 3.06. The van der Waals surface area contributed by atoms with Crippen molar-refractivity contribution in [2.45, 2.75) is 32.2 Å². The van der Waals surface area contributed by atoms with Crippen LogP contribution in [-0.4, -0.2) is 17.6 Å². The van der Waals surface area contributed by atoms with Crippen molar-refractivity contribution in [3.63, 3.8) is 0 Å². The van der Waals surface area contributed by atoms with Crippen molar-refractivity contribution in [3.05, 3.63) is 22.8 Å². The lowest BCUT2D eigenvalue weighted by Gasteiger charge is -2.24. The highest BCUT2D eigenvalue weighted by molar-refractivity contribution is 9.10. The zero-order valence-corrected chi connectivity index (χ0v) is 10.00. The van der Waals surface area contributed by atoms with Crippen molar-refractivity contribution in [1.82, 2.24) is 4.98 Å². The van der Waals surface area contributed by atoms with Gasteiger partial charge in [-0.1, -0.05) is 13.0 Å². The molecule has 0 aromatic carbocycles. The number of aromatic nitrogens is 1. The van der Waals surface area contributed by atoms with Crippen LogP contribution in [0.2, 0.25) is 0 Å². The Labute approximate surface area is 93.5 Å². The summed E-state index contributed by atoms with van der Waals surface area (Å²) in [5, 5.41) is 0. The van der Waals surface area contributed by atoms with Crippen molar-refractivity contribution < 1.29 is 0 Å². The minimum atomic E-state index is 0.691. The van der Waals surface area contributed by atoms with Gasteiger partial charge in [0.15, 0.2) is 0 Å². The molecule has 0 N–H and O–H groups in total. The Morgan fingerprint density at radius 2 is 2.43 bits per heavy atom. The van der Waals surface area contributed by atoms with E-state index in [0.717, 1.165) is 17.0 Å². The second-order valence-corrected chi connectivity index (χ2v) is 4.53. The zero-order valence-electron chi connectivity index (χ0n) is 8.41. The maximum absolute atomic E-state index is 4.50. The zero-order chi connectivity index (χ0) is 9.97. The van der Waals surface area contributed by atoms with E-state index >= 15 is 0 Å². The van der Waals surface area contributed by atoms with Crippen molar-refractivity contribution in [3.8, 4) is 0 Å². The van der Waals surface area contributed by atoms with E-state index in [4.69, 9.17) is 0 Å². The summed E-state index contributed by atoms with van der Waals surface area (Å²) in [7, 11) is 0. The van der Waals surface area contributed by atoms with E-state index < -0.39 is 0 Å². The lowest BCUT2D eigenvalue weighted by Crippen LogP contribution is -2.29. The number of pyridine rings is 1. The first-order valence-electron chi connectivity index (χ1n) is 5.20. The van der Waals surface area contributed by atoms with Crippen LogP contribution >= 0.6 is 15.9 Å². The van der Waals surface area contributed by atoms with E-state index in [2.05, 4.69) is 44.9 Å². The number of nitrogens with zero attached hydrogens (tertiary/aromatic N) is 2. The first-order chi connectivity index (χ1) is 6.81. The number of hydrogen-bond acceptors (Lipinski definition) is 2. The van der Waals surface area contributed by atoms with Gasteiger partial charge in [-0.05, 0) is 47.3 Å². The molecule has 0 aliphatic carbocycles. The van der Waals surface area contributed by atoms with E-state index in [1.54, 1.807) is 0 Å². The van der Waals surface area contributed by atoms with Gasteiger partial charge < -0.3 is 4.90 Å². The Bertz CT molecular complexity index is 314. The normalized spacial score (nSPS) is 21.6. The molecule has 1 aromatic heterocycles. The fourth-order valence-corrected chi connectivity index (χ4v) is 2.45. The third-order valence-electron chi connectivity index (χ3n) is 2.84. The maximum Gasteiger partial charge on any atom is 0.130 e. The van der Waals surface area contributed by atoms with Gasteiger partial charge in [-0.15, -0.1) is 0 Å². The molecular weight excluding hydrogens is 240 g/mol. The Hall–Kier alpha value is -0.570. The highest BCUT2D eigenvalue weighted by Crippen LogP contribution is 2.26. The molecule has 14 heavy (non-hydrogen) atoms. The molecule has 0 bridgehead atoms. The number of hydrogen-bond donors (Lipinski definition) is 0.